The number of alkyl halides is 1. The Morgan fingerprint density at radius 3 is 2.88 bits per heavy atom. The van der Waals surface area contributed by atoms with Crippen LogP contribution in [0.3, 0.4) is 0 Å². The number of aromatic nitrogens is 1. The van der Waals surface area contributed by atoms with Gasteiger partial charge in [-0.1, -0.05) is 11.6 Å². The van der Waals surface area contributed by atoms with E-state index in [9.17, 15) is 4.39 Å². The number of nitrogens with zero attached hydrogens (tertiary/aromatic N) is 1. The van der Waals surface area contributed by atoms with Crippen LogP contribution in [0.5, 0.6) is 0 Å². The van der Waals surface area contributed by atoms with Gasteiger partial charge in [-0.15, -0.1) is 22.9 Å². The lowest BCUT2D eigenvalue weighted by molar-refractivity contribution is 0.628. The molecule has 0 saturated heterocycles. The normalized spacial score (nSPS) is 10.8. The Kier molecular flexibility index (Phi) is 4.37. The molecule has 0 aliphatic rings. The summed E-state index contributed by atoms with van der Waals surface area (Å²) in [5, 5.41) is 3.20. The Labute approximate surface area is 113 Å². The predicted molar refractivity (Wildman–Crippen MR) is 71.6 cm³/mol. The van der Waals surface area contributed by atoms with Gasteiger partial charge in [0.15, 0.2) is 0 Å². The van der Waals surface area contributed by atoms with Gasteiger partial charge in [0.2, 0.25) is 0 Å². The summed E-state index contributed by atoms with van der Waals surface area (Å²) in [6, 6.07) is 4.35. The zero-order valence-electron chi connectivity index (χ0n) is 8.92. The second-order valence-electron chi connectivity index (χ2n) is 3.56. The number of hydrogen-bond acceptors (Lipinski definition) is 2. The molecule has 17 heavy (non-hydrogen) atoms. The number of benzene rings is 1. The molecule has 0 aliphatic carbocycles. The average Bonchev–Trinajstić information content (AvgIpc) is 2.75. The van der Waals surface area contributed by atoms with Crippen LogP contribution in [0.15, 0.2) is 23.6 Å². The molecule has 2 aromatic rings. The minimum atomic E-state index is -0.335. The molecule has 5 heteroatoms. The fourth-order valence-corrected chi connectivity index (χ4v) is 2.80. The van der Waals surface area contributed by atoms with Crippen molar-refractivity contribution in [1.82, 2.24) is 4.98 Å². The molecule has 0 amide bonds. The quantitative estimate of drug-likeness (QED) is 0.739. The van der Waals surface area contributed by atoms with Gasteiger partial charge in [-0.25, -0.2) is 9.37 Å². The van der Waals surface area contributed by atoms with Crippen molar-refractivity contribution in [3.63, 3.8) is 0 Å². The highest BCUT2D eigenvalue weighted by Crippen LogP contribution is 2.31. The highest BCUT2D eigenvalue weighted by molar-refractivity contribution is 7.13. The Morgan fingerprint density at radius 1 is 1.35 bits per heavy atom. The van der Waals surface area contributed by atoms with Gasteiger partial charge in [-0.2, -0.15) is 0 Å². The van der Waals surface area contributed by atoms with E-state index in [1.54, 1.807) is 6.07 Å². The van der Waals surface area contributed by atoms with Crippen LogP contribution in [0.2, 0.25) is 5.02 Å². The summed E-state index contributed by atoms with van der Waals surface area (Å²) in [6.07, 6.45) is 1.76. The van der Waals surface area contributed by atoms with Crippen LogP contribution in [-0.4, -0.2) is 10.9 Å². The van der Waals surface area contributed by atoms with Crippen LogP contribution >= 0.6 is 34.5 Å². The fourth-order valence-electron chi connectivity index (χ4n) is 1.46. The monoisotopic (exact) mass is 289 g/mol. The van der Waals surface area contributed by atoms with Crippen molar-refractivity contribution in [2.45, 2.75) is 12.8 Å². The van der Waals surface area contributed by atoms with E-state index >= 15 is 0 Å². The third-order valence-electron chi connectivity index (χ3n) is 2.28. The molecule has 90 valence electrons. The standard InChI is InChI=1S/C12H10Cl2FNS/c13-5-1-2-9-7-17-12(16-9)10-4-3-8(15)6-11(10)14/h3-4,6-7H,1-2,5H2. The first-order valence-corrected chi connectivity index (χ1v) is 6.95. The molecular formula is C12H10Cl2FNS. The van der Waals surface area contributed by atoms with Gasteiger partial charge in [0.25, 0.3) is 0 Å². The van der Waals surface area contributed by atoms with Crippen LogP contribution in [0.4, 0.5) is 4.39 Å². The van der Waals surface area contributed by atoms with Crippen molar-refractivity contribution in [1.29, 1.82) is 0 Å². The van der Waals surface area contributed by atoms with Gasteiger partial charge in [0.1, 0.15) is 10.8 Å². The minimum Gasteiger partial charge on any atom is -0.241 e. The van der Waals surface area contributed by atoms with Crippen molar-refractivity contribution in [3.05, 3.63) is 40.1 Å². The highest BCUT2D eigenvalue weighted by Gasteiger charge is 2.09. The second-order valence-corrected chi connectivity index (χ2v) is 5.20. The Bertz CT molecular complexity index is 513. The average molecular weight is 290 g/mol. The van der Waals surface area contributed by atoms with Gasteiger partial charge in [0.05, 0.1) is 10.7 Å². The highest BCUT2D eigenvalue weighted by atomic mass is 35.5. The largest absolute Gasteiger partial charge is 0.241 e. The van der Waals surface area contributed by atoms with Gasteiger partial charge in [-0.3, -0.25) is 0 Å². The van der Waals surface area contributed by atoms with Crippen molar-refractivity contribution >= 4 is 34.5 Å². The number of hydrogen-bond donors (Lipinski definition) is 0. The maximum Gasteiger partial charge on any atom is 0.125 e. The molecule has 0 spiro atoms. The van der Waals surface area contributed by atoms with Gasteiger partial charge >= 0.3 is 0 Å². The summed E-state index contributed by atoms with van der Waals surface area (Å²) in [4.78, 5) is 4.46. The number of thiazole rings is 1. The summed E-state index contributed by atoms with van der Waals surface area (Å²) in [5.74, 6) is 0.294. The van der Waals surface area contributed by atoms with Gasteiger partial charge < -0.3 is 0 Å². The molecule has 2 rings (SSSR count). The third-order valence-corrected chi connectivity index (χ3v) is 3.78. The van der Waals surface area contributed by atoms with E-state index < -0.39 is 0 Å². The lowest BCUT2D eigenvalue weighted by Crippen LogP contribution is -1.87. The molecule has 0 saturated carbocycles. The summed E-state index contributed by atoms with van der Waals surface area (Å²) in [5.41, 5.74) is 1.78. The number of halogens is 3. The Balaban J connectivity index is 2.24. The summed E-state index contributed by atoms with van der Waals surface area (Å²) in [6.45, 7) is 0. The van der Waals surface area contributed by atoms with Crippen LogP contribution in [0.25, 0.3) is 10.6 Å². The minimum absolute atomic E-state index is 0.335. The first kappa shape index (κ1) is 12.8. The zero-order chi connectivity index (χ0) is 12.3. The molecule has 0 aliphatic heterocycles. The molecule has 0 radical (unpaired) electrons. The van der Waals surface area contributed by atoms with E-state index in [2.05, 4.69) is 4.98 Å². The summed E-state index contributed by atoms with van der Waals surface area (Å²) < 4.78 is 12.9. The van der Waals surface area contributed by atoms with E-state index in [-0.39, 0.29) is 5.82 Å². The van der Waals surface area contributed by atoms with Crippen LogP contribution < -0.4 is 0 Å². The van der Waals surface area contributed by atoms with Gasteiger partial charge in [-0.05, 0) is 31.0 Å². The molecular weight excluding hydrogens is 280 g/mol. The second kappa shape index (κ2) is 5.80. The lowest BCUT2D eigenvalue weighted by atomic mass is 10.2. The number of aryl methyl sites for hydroxylation is 1. The van der Waals surface area contributed by atoms with Crippen molar-refractivity contribution in [2.75, 3.05) is 5.88 Å². The lowest BCUT2D eigenvalue weighted by Gasteiger charge is -1.99. The molecule has 1 nitrogen and oxygen atoms in total. The maximum atomic E-state index is 12.9. The zero-order valence-corrected chi connectivity index (χ0v) is 11.2. The Morgan fingerprint density at radius 2 is 2.18 bits per heavy atom. The van der Waals surface area contributed by atoms with E-state index in [1.807, 2.05) is 5.38 Å². The summed E-state index contributed by atoms with van der Waals surface area (Å²) >= 11 is 13.1. The molecule has 1 heterocycles. The topological polar surface area (TPSA) is 12.9 Å². The van der Waals surface area contributed by atoms with Crippen LogP contribution in [-0.2, 0) is 6.42 Å². The van der Waals surface area contributed by atoms with Crippen molar-refractivity contribution in [3.8, 4) is 10.6 Å². The van der Waals surface area contributed by atoms with Crippen molar-refractivity contribution < 1.29 is 4.39 Å². The molecule has 0 N–H and O–H groups in total. The molecule has 0 unspecified atom stereocenters. The van der Waals surface area contributed by atoms with Crippen molar-refractivity contribution in [2.24, 2.45) is 0 Å². The van der Waals surface area contributed by atoms with E-state index in [0.717, 1.165) is 29.1 Å². The van der Waals surface area contributed by atoms with Gasteiger partial charge in [0, 0.05) is 16.8 Å². The fraction of sp³-hybridized carbons (Fsp3) is 0.250. The SMILES string of the molecule is Fc1ccc(-c2nc(CCCCl)cs2)c(Cl)c1. The van der Waals surface area contributed by atoms with Crippen LogP contribution in [0, 0.1) is 5.82 Å². The molecule has 0 fully saturated rings. The van der Waals surface area contributed by atoms with E-state index in [4.69, 9.17) is 23.2 Å². The molecule has 1 aromatic heterocycles. The predicted octanol–water partition coefficient (Wildman–Crippen LogP) is 4.77. The first-order valence-electron chi connectivity index (χ1n) is 5.16. The van der Waals surface area contributed by atoms with E-state index in [0.29, 0.717) is 10.9 Å². The molecule has 1 aromatic carbocycles. The molecule has 0 bridgehead atoms. The number of rotatable bonds is 4. The smallest absolute Gasteiger partial charge is 0.125 e. The first-order chi connectivity index (χ1) is 8.20. The van der Waals surface area contributed by atoms with Crippen LogP contribution in [0.1, 0.15) is 12.1 Å². The molecule has 0 atom stereocenters. The van der Waals surface area contributed by atoms with E-state index in [1.165, 1.54) is 23.5 Å². The summed E-state index contributed by atoms with van der Waals surface area (Å²) in [7, 11) is 0. The third kappa shape index (κ3) is 3.18. The maximum absolute atomic E-state index is 12.9. The Hall–Kier alpha value is -0.640.